The zero-order valence-corrected chi connectivity index (χ0v) is 12.6. The molecule has 0 bridgehead atoms. The molecule has 0 aliphatic carbocycles. The molecule has 0 unspecified atom stereocenters. The van der Waals surface area contributed by atoms with Gasteiger partial charge in [0, 0.05) is 35.4 Å². The average Bonchev–Trinajstić information content (AvgIpc) is 2.45. The van der Waals surface area contributed by atoms with E-state index < -0.39 is 0 Å². The number of nitrogens with one attached hydrogen (secondary N) is 1. The van der Waals surface area contributed by atoms with E-state index in [1.165, 1.54) is 0 Å². The summed E-state index contributed by atoms with van der Waals surface area (Å²) in [4.78, 5) is 16.5. The van der Waals surface area contributed by atoms with Crippen molar-refractivity contribution in [3.8, 4) is 0 Å². The van der Waals surface area contributed by atoms with Gasteiger partial charge in [0.25, 0.3) is 0 Å². The van der Waals surface area contributed by atoms with Crippen LogP contribution in [0.25, 0.3) is 0 Å². The molecule has 114 valence electrons. The molecule has 0 aromatic carbocycles. The number of ether oxygens (including phenoxy) is 3. The van der Waals surface area contributed by atoms with Crippen LogP contribution in [0.1, 0.15) is 0 Å². The predicted octanol–water partition coefficient (Wildman–Crippen LogP) is -0.0324. The van der Waals surface area contributed by atoms with Crippen molar-refractivity contribution in [3.63, 3.8) is 0 Å². The van der Waals surface area contributed by atoms with E-state index in [0.29, 0.717) is 38.0 Å². The van der Waals surface area contributed by atoms with E-state index in [1.54, 1.807) is 31.1 Å². The standard InChI is InChI=1S/C11H22N6O3/c1-16(7-19-4)10-13-9(12-6-18-3)14-11(15-10)17(2)8-20-5/h6-8H2,1-5H3,(H,12,13,14,15). The summed E-state index contributed by atoms with van der Waals surface area (Å²) in [6.45, 7) is 1.06. The molecule has 0 saturated carbocycles. The van der Waals surface area contributed by atoms with Crippen molar-refractivity contribution >= 4 is 17.8 Å². The van der Waals surface area contributed by atoms with Crippen LogP contribution in [0.2, 0.25) is 0 Å². The van der Waals surface area contributed by atoms with Gasteiger partial charge in [0.05, 0.1) is 0 Å². The van der Waals surface area contributed by atoms with Gasteiger partial charge >= 0.3 is 0 Å². The maximum atomic E-state index is 5.07. The molecule has 1 N–H and O–H groups in total. The molecule has 1 heterocycles. The highest BCUT2D eigenvalue weighted by Gasteiger charge is 2.13. The quantitative estimate of drug-likeness (QED) is 0.629. The number of methoxy groups -OCH3 is 3. The van der Waals surface area contributed by atoms with E-state index in [4.69, 9.17) is 14.2 Å². The van der Waals surface area contributed by atoms with E-state index in [0.717, 1.165) is 0 Å². The van der Waals surface area contributed by atoms with Crippen molar-refractivity contribution in [2.75, 3.05) is 70.7 Å². The molecule has 1 aromatic heterocycles. The normalized spacial score (nSPS) is 10.4. The molecule has 0 radical (unpaired) electrons. The lowest BCUT2D eigenvalue weighted by Crippen LogP contribution is -2.27. The Morgan fingerprint density at radius 2 is 1.35 bits per heavy atom. The van der Waals surface area contributed by atoms with Crippen LogP contribution >= 0.6 is 0 Å². The number of aromatic nitrogens is 3. The molecule has 9 nitrogen and oxygen atoms in total. The van der Waals surface area contributed by atoms with Crippen molar-refractivity contribution in [1.82, 2.24) is 15.0 Å². The lowest BCUT2D eigenvalue weighted by Gasteiger charge is -2.20. The maximum Gasteiger partial charge on any atom is 0.233 e. The summed E-state index contributed by atoms with van der Waals surface area (Å²) < 4.78 is 15.1. The van der Waals surface area contributed by atoms with Gasteiger partial charge in [0.1, 0.15) is 20.2 Å². The first-order chi connectivity index (χ1) is 9.62. The van der Waals surface area contributed by atoms with E-state index in [-0.39, 0.29) is 0 Å². The van der Waals surface area contributed by atoms with Gasteiger partial charge in [-0.25, -0.2) is 0 Å². The summed E-state index contributed by atoms with van der Waals surface area (Å²) in [6, 6.07) is 0. The van der Waals surface area contributed by atoms with Gasteiger partial charge in [-0.15, -0.1) is 0 Å². The highest BCUT2D eigenvalue weighted by atomic mass is 16.5. The zero-order chi connectivity index (χ0) is 15.0. The first-order valence-corrected chi connectivity index (χ1v) is 6.01. The van der Waals surface area contributed by atoms with Crippen molar-refractivity contribution in [2.45, 2.75) is 0 Å². The van der Waals surface area contributed by atoms with Crippen molar-refractivity contribution in [1.29, 1.82) is 0 Å². The van der Waals surface area contributed by atoms with Crippen LogP contribution < -0.4 is 15.1 Å². The largest absolute Gasteiger partial charge is 0.364 e. The molecule has 0 atom stereocenters. The minimum absolute atomic E-state index is 0.310. The smallest absolute Gasteiger partial charge is 0.233 e. The maximum absolute atomic E-state index is 5.07. The summed E-state index contributed by atoms with van der Waals surface area (Å²) in [6.07, 6.45) is 0. The Kier molecular flexibility index (Phi) is 6.91. The van der Waals surface area contributed by atoms with Crippen LogP contribution in [0.4, 0.5) is 17.8 Å². The summed E-state index contributed by atoms with van der Waals surface area (Å²) in [5.74, 6) is 1.43. The molecular weight excluding hydrogens is 264 g/mol. The van der Waals surface area contributed by atoms with Gasteiger partial charge in [0.2, 0.25) is 17.8 Å². The molecule has 0 saturated heterocycles. The van der Waals surface area contributed by atoms with Crippen molar-refractivity contribution < 1.29 is 14.2 Å². The van der Waals surface area contributed by atoms with Crippen LogP contribution in [0.15, 0.2) is 0 Å². The minimum atomic E-state index is 0.310. The van der Waals surface area contributed by atoms with Crippen molar-refractivity contribution in [2.24, 2.45) is 0 Å². The molecule has 0 fully saturated rings. The van der Waals surface area contributed by atoms with Gasteiger partial charge in [-0.3, -0.25) is 0 Å². The minimum Gasteiger partial charge on any atom is -0.364 e. The second-order valence-electron chi connectivity index (χ2n) is 4.10. The molecule has 9 heteroatoms. The zero-order valence-electron chi connectivity index (χ0n) is 12.6. The van der Waals surface area contributed by atoms with E-state index in [1.807, 2.05) is 14.1 Å². The van der Waals surface area contributed by atoms with Gasteiger partial charge in [-0.2, -0.15) is 15.0 Å². The second-order valence-corrected chi connectivity index (χ2v) is 4.10. The van der Waals surface area contributed by atoms with Gasteiger partial charge in [0.15, 0.2) is 0 Å². The second kappa shape index (κ2) is 8.46. The molecule has 20 heavy (non-hydrogen) atoms. The lowest BCUT2D eigenvalue weighted by atomic mass is 10.7. The van der Waals surface area contributed by atoms with E-state index >= 15 is 0 Å². The number of anilines is 3. The fourth-order valence-electron chi connectivity index (χ4n) is 1.41. The average molecular weight is 286 g/mol. The molecule has 1 aromatic rings. The molecular formula is C11H22N6O3. The fourth-order valence-corrected chi connectivity index (χ4v) is 1.41. The Balaban J connectivity index is 3.00. The van der Waals surface area contributed by atoms with E-state index in [9.17, 15) is 0 Å². The first kappa shape index (κ1) is 16.3. The van der Waals surface area contributed by atoms with Crippen LogP contribution in [-0.4, -0.2) is 70.6 Å². The van der Waals surface area contributed by atoms with Crippen LogP contribution in [0, 0.1) is 0 Å². The number of rotatable bonds is 9. The predicted molar refractivity (Wildman–Crippen MR) is 75.9 cm³/mol. The highest BCUT2D eigenvalue weighted by Crippen LogP contribution is 2.14. The highest BCUT2D eigenvalue weighted by molar-refractivity contribution is 5.43. The van der Waals surface area contributed by atoms with Crippen LogP contribution in [0.5, 0.6) is 0 Å². The molecule has 0 aliphatic rings. The first-order valence-electron chi connectivity index (χ1n) is 6.01. The third kappa shape index (κ3) is 4.76. The number of hydrogen-bond acceptors (Lipinski definition) is 9. The molecule has 0 spiro atoms. The summed E-state index contributed by atoms with van der Waals surface area (Å²) in [5, 5.41) is 2.95. The van der Waals surface area contributed by atoms with E-state index in [2.05, 4.69) is 20.3 Å². The van der Waals surface area contributed by atoms with Crippen LogP contribution in [-0.2, 0) is 14.2 Å². The summed E-state index contributed by atoms with van der Waals surface area (Å²) in [5.41, 5.74) is 0. The Morgan fingerprint density at radius 1 is 0.850 bits per heavy atom. The monoisotopic (exact) mass is 286 g/mol. The molecule has 0 amide bonds. The SMILES string of the molecule is COCNc1nc(N(C)COC)nc(N(C)COC)n1. The topological polar surface area (TPSA) is 84.9 Å². The lowest BCUT2D eigenvalue weighted by molar-refractivity contribution is 0.199. The Bertz CT molecular complexity index is 375. The number of hydrogen-bond donors (Lipinski definition) is 1. The van der Waals surface area contributed by atoms with Crippen LogP contribution in [0.3, 0.4) is 0 Å². The van der Waals surface area contributed by atoms with Crippen molar-refractivity contribution in [3.05, 3.63) is 0 Å². The number of nitrogens with zero attached hydrogens (tertiary/aromatic N) is 5. The Morgan fingerprint density at radius 3 is 1.75 bits per heavy atom. The Labute approximate surface area is 118 Å². The van der Waals surface area contributed by atoms with Gasteiger partial charge in [-0.1, -0.05) is 0 Å². The molecule has 1 rings (SSSR count). The van der Waals surface area contributed by atoms with Gasteiger partial charge in [-0.05, 0) is 0 Å². The summed E-state index contributed by atoms with van der Waals surface area (Å²) >= 11 is 0. The third-order valence-corrected chi connectivity index (χ3v) is 2.31. The fraction of sp³-hybridized carbons (Fsp3) is 0.727. The van der Waals surface area contributed by atoms with Gasteiger partial charge < -0.3 is 29.3 Å². The summed E-state index contributed by atoms with van der Waals surface area (Å²) in [7, 11) is 8.47. The molecule has 0 aliphatic heterocycles. The Hall–Kier alpha value is -1.71. The third-order valence-electron chi connectivity index (χ3n) is 2.31.